The van der Waals surface area contributed by atoms with Crippen molar-refractivity contribution in [1.29, 1.82) is 0 Å². The molecule has 3 atom stereocenters. The molecular formula is C23H21ClN4O2S. The third kappa shape index (κ3) is 5.08. The summed E-state index contributed by atoms with van der Waals surface area (Å²) in [5.74, 6) is 0. The van der Waals surface area contributed by atoms with Crippen LogP contribution >= 0.6 is 11.6 Å². The van der Waals surface area contributed by atoms with Crippen LogP contribution in [0.3, 0.4) is 0 Å². The molecule has 0 saturated heterocycles. The molecule has 4 aromatic rings. The first kappa shape index (κ1) is 21.4. The number of aromatic nitrogens is 3. The minimum atomic E-state index is -1.65. The second-order valence-corrected chi connectivity index (χ2v) is 8.56. The molecule has 0 bridgehead atoms. The highest BCUT2D eigenvalue weighted by Crippen LogP contribution is 2.27. The van der Waals surface area contributed by atoms with Crippen LogP contribution in [0.5, 0.6) is 0 Å². The standard InChI is InChI=1S/C23H21ClN4O2S/c24-20-13-11-19(12-14-20)23(18-9-5-2-6-10-18)28-15-22(25-27-28)31(30)26-21(16-29)17-7-3-1-4-8-17/h1-15,21,23,26,29H,16H2. The van der Waals surface area contributed by atoms with Crippen LogP contribution in [-0.2, 0) is 11.0 Å². The summed E-state index contributed by atoms with van der Waals surface area (Å²) in [6, 6.07) is 26.1. The topological polar surface area (TPSA) is 80.0 Å². The number of hydrogen-bond donors (Lipinski definition) is 2. The van der Waals surface area contributed by atoms with Crippen molar-refractivity contribution in [3.05, 3.63) is 113 Å². The molecule has 0 aliphatic rings. The summed E-state index contributed by atoms with van der Waals surface area (Å²) in [6.45, 7) is -0.193. The molecule has 3 unspecified atom stereocenters. The second-order valence-electron chi connectivity index (χ2n) is 6.93. The van der Waals surface area contributed by atoms with Crippen molar-refractivity contribution in [1.82, 2.24) is 19.7 Å². The fourth-order valence-corrected chi connectivity index (χ4v) is 4.37. The van der Waals surface area contributed by atoms with Crippen molar-refractivity contribution in [3.63, 3.8) is 0 Å². The lowest BCUT2D eigenvalue weighted by Gasteiger charge is -2.18. The number of hydrogen-bond acceptors (Lipinski definition) is 4. The van der Waals surface area contributed by atoms with Crippen LogP contribution in [0.25, 0.3) is 0 Å². The van der Waals surface area contributed by atoms with E-state index in [0.717, 1.165) is 16.7 Å². The Morgan fingerprint density at radius 1 is 0.903 bits per heavy atom. The van der Waals surface area contributed by atoms with Crippen molar-refractivity contribution in [2.24, 2.45) is 0 Å². The Bertz CT molecular complexity index is 1140. The fourth-order valence-electron chi connectivity index (χ4n) is 3.34. The van der Waals surface area contributed by atoms with Gasteiger partial charge in [0.1, 0.15) is 17.0 Å². The summed E-state index contributed by atoms with van der Waals surface area (Å²) in [5.41, 5.74) is 2.83. The Balaban J connectivity index is 1.61. The van der Waals surface area contributed by atoms with Gasteiger partial charge in [0.2, 0.25) is 0 Å². The molecule has 0 aliphatic carbocycles. The van der Waals surface area contributed by atoms with E-state index < -0.39 is 17.0 Å². The van der Waals surface area contributed by atoms with Crippen molar-refractivity contribution in [3.8, 4) is 0 Å². The van der Waals surface area contributed by atoms with Gasteiger partial charge in [0.15, 0.2) is 5.03 Å². The summed E-state index contributed by atoms with van der Waals surface area (Å²) >= 11 is 6.06. The van der Waals surface area contributed by atoms with Crippen LogP contribution in [0.2, 0.25) is 5.02 Å². The zero-order chi connectivity index (χ0) is 21.6. The SMILES string of the molecule is O=S(NC(CO)c1ccccc1)c1cn(C(c2ccccc2)c2ccc(Cl)cc2)nn1. The van der Waals surface area contributed by atoms with Crippen LogP contribution < -0.4 is 4.72 Å². The number of aliphatic hydroxyl groups is 1. The van der Waals surface area contributed by atoms with E-state index in [1.54, 1.807) is 10.9 Å². The lowest BCUT2D eigenvalue weighted by Crippen LogP contribution is -2.26. The van der Waals surface area contributed by atoms with Crippen molar-refractivity contribution in [2.75, 3.05) is 6.61 Å². The molecule has 0 spiro atoms. The molecule has 8 heteroatoms. The first-order valence-electron chi connectivity index (χ1n) is 9.71. The van der Waals surface area contributed by atoms with Crippen LogP contribution in [0.1, 0.15) is 28.8 Å². The molecule has 2 N–H and O–H groups in total. The zero-order valence-electron chi connectivity index (χ0n) is 16.5. The highest BCUT2D eigenvalue weighted by atomic mass is 35.5. The highest BCUT2D eigenvalue weighted by molar-refractivity contribution is 7.83. The molecule has 6 nitrogen and oxygen atoms in total. The Hall–Kier alpha value is -2.84. The maximum atomic E-state index is 12.9. The smallest absolute Gasteiger partial charge is 0.184 e. The number of aliphatic hydroxyl groups excluding tert-OH is 1. The van der Waals surface area contributed by atoms with Crippen LogP contribution in [-0.4, -0.2) is 30.9 Å². The number of nitrogens with one attached hydrogen (secondary N) is 1. The Kier molecular flexibility index (Phi) is 6.89. The maximum Gasteiger partial charge on any atom is 0.184 e. The molecule has 0 saturated carbocycles. The average Bonchev–Trinajstić information content (AvgIpc) is 3.30. The molecule has 31 heavy (non-hydrogen) atoms. The first-order valence-corrected chi connectivity index (χ1v) is 11.2. The van der Waals surface area contributed by atoms with Gasteiger partial charge >= 0.3 is 0 Å². The monoisotopic (exact) mass is 452 g/mol. The summed E-state index contributed by atoms with van der Waals surface area (Å²) in [4.78, 5) is 0. The van der Waals surface area contributed by atoms with E-state index >= 15 is 0 Å². The van der Waals surface area contributed by atoms with E-state index in [9.17, 15) is 9.32 Å². The minimum Gasteiger partial charge on any atom is -0.394 e. The molecule has 0 fully saturated rings. The van der Waals surface area contributed by atoms with Gasteiger partial charge in [-0.1, -0.05) is 89.6 Å². The summed E-state index contributed by atoms with van der Waals surface area (Å²) in [7, 11) is -1.65. The van der Waals surface area contributed by atoms with Crippen molar-refractivity contribution < 1.29 is 9.32 Å². The van der Waals surface area contributed by atoms with Gasteiger partial charge < -0.3 is 5.11 Å². The third-order valence-corrected chi connectivity index (χ3v) is 6.20. The van der Waals surface area contributed by atoms with Gasteiger partial charge in [0.05, 0.1) is 18.8 Å². The molecule has 158 valence electrons. The molecule has 1 heterocycles. The summed E-state index contributed by atoms with van der Waals surface area (Å²) in [5, 5.41) is 19.1. The van der Waals surface area contributed by atoms with Crippen LogP contribution in [0.15, 0.2) is 96.2 Å². The van der Waals surface area contributed by atoms with Gasteiger partial charge in [-0.05, 0) is 28.8 Å². The lowest BCUT2D eigenvalue weighted by molar-refractivity contribution is 0.260. The third-order valence-electron chi connectivity index (χ3n) is 4.88. The van der Waals surface area contributed by atoms with E-state index in [1.165, 1.54) is 0 Å². The van der Waals surface area contributed by atoms with Gasteiger partial charge in [-0.3, -0.25) is 0 Å². The van der Waals surface area contributed by atoms with Gasteiger partial charge in [0.25, 0.3) is 0 Å². The predicted octanol–water partition coefficient (Wildman–Crippen LogP) is 3.92. The van der Waals surface area contributed by atoms with E-state index in [-0.39, 0.29) is 17.7 Å². The Morgan fingerprint density at radius 3 is 2.10 bits per heavy atom. The highest BCUT2D eigenvalue weighted by Gasteiger charge is 2.21. The molecule has 4 rings (SSSR count). The fraction of sp³-hybridized carbons (Fsp3) is 0.130. The summed E-state index contributed by atoms with van der Waals surface area (Å²) in [6.07, 6.45) is 1.66. The molecular weight excluding hydrogens is 432 g/mol. The van der Waals surface area contributed by atoms with E-state index in [0.29, 0.717) is 5.02 Å². The molecule has 3 aromatic carbocycles. The minimum absolute atomic E-state index is 0.193. The van der Waals surface area contributed by atoms with Gasteiger partial charge in [0, 0.05) is 5.02 Å². The van der Waals surface area contributed by atoms with Crippen molar-refractivity contribution in [2.45, 2.75) is 17.1 Å². The Labute approximate surface area is 188 Å². The largest absolute Gasteiger partial charge is 0.394 e. The van der Waals surface area contributed by atoms with Gasteiger partial charge in [-0.2, -0.15) is 0 Å². The van der Waals surface area contributed by atoms with Gasteiger partial charge in [-0.25, -0.2) is 13.6 Å². The van der Waals surface area contributed by atoms with E-state index in [4.69, 9.17) is 11.6 Å². The van der Waals surface area contributed by atoms with E-state index in [2.05, 4.69) is 15.0 Å². The molecule has 1 aromatic heterocycles. The summed E-state index contributed by atoms with van der Waals surface area (Å²) < 4.78 is 17.5. The number of nitrogens with zero attached hydrogens (tertiary/aromatic N) is 3. The molecule has 0 amide bonds. The molecule has 0 radical (unpaired) electrons. The van der Waals surface area contributed by atoms with Crippen LogP contribution in [0, 0.1) is 0 Å². The van der Waals surface area contributed by atoms with Crippen LogP contribution in [0.4, 0.5) is 0 Å². The average molecular weight is 453 g/mol. The molecule has 0 aliphatic heterocycles. The van der Waals surface area contributed by atoms with Crippen molar-refractivity contribution >= 4 is 22.6 Å². The predicted molar refractivity (Wildman–Crippen MR) is 121 cm³/mol. The maximum absolute atomic E-state index is 12.9. The van der Waals surface area contributed by atoms with Gasteiger partial charge in [-0.15, -0.1) is 5.10 Å². The Morgan fingerprint density at radius 2 is 1.48 bits per heavy atom. The second kappa shape index (κ2) is 9.98. The van der Waals surface area contributed by atoms with E-state index in [1.807, 2.05) is 84.9 Å². The number of halogens is 1. The first-order chi connectivity index (χ1) is 15.2. The number of benzene rings is 3. The lowest BCUT2D eigenvalue weighted by atomic mass is 9.99. The normalized spacial score (nSPS) is 14.1. The zero-order valence-corrected chi connectivity index (χ0v) is 18.1. The number of rotatable bonds is 8. The quantitative estimate of drug-likeness (QED) is 0.424.